The van der Waals surface area contributed by atoms with Gasteiger partial charge in [0, 0.05) is 13.1 Å². The normalized spacial score (nSPS) is 18.3. The van der Waals surface area contributed by atoms with Crippen LogP contribution in [-0.2, 0) is 19.5 Å². The quantitative estimate of drug-likeness (QED) is 0.917. The lowest BCUT2D eigenvalue weighted by Crippen LogP contribution is -2.31. The summed E-state index contributed by atoms with van der Waals surface area (Å²) in [4.78, 5) is 0. The van der Waals surface area contributed by atoms with Crippen LogP contribution < -0.4 is 5.32 Å². The zero-order chi connectivity index (χ0) is 13.2. The molecule has 0 spiro atoms. The zero-order valence-electron chi connectivity index (χ0n) is 11.6. The standard InChI is InChI=1S/C15H20N4/c1-3-8-19-11(2)17-18-15(19)14-9-12-6-4-5-7-13(12)10-16-14/h4-7,14,16H,3,8-10H2,1-2H3. The molecule has 0 radical (unpaired) electrons. The molecule has 0 saturated carbocycles. The molecule has 2 heterocycles. The monoisotopic (exact) mass is 256 g/mol. The van der Waals surface area contributed by atoms with Crippen molar-refractivity contribution in [3.63, 3.8) is 0 Å². The van der Waals surface area contributed by atoms with Crippen molar-refractivity contribution in [1.82, 2.24) is 20.1 Å². The van der Waals surface area contributed by atoms with Gasteiger partial charge in [-0.05, 0) is 30.9 Å². The van der Waals surface area contributed by atoms with Gasteiger partial charge in [-0.15, -0.1) is 10.2 Å². The summed E-state index contributed by atoms with van der Waals surface area (Å²) in [6.45, 7) is 6.13. The minimum Gasteiger partial charge on any atom is -0.314 e. The maximum atomic E-state index is 4.38. The summed E-state index contributed by atoms with van der Waals surface area (Å²) in [5, 5.41) is 12.2. The van der Waals surface area contributed by atoms with E-state index >= 15 is 0 Å². The smallest absolute Gasteiger partial charge is 0.150 e. The molecule has 4 nitrogen and oxygen atoms in total. The van der Waals surface area contributed by atoms with E-state index in [2.05, 4.69) is 51.3 Å². The Morgan fingerprint density at radius 1 is 1.26 bits per heavy atom. The van der Waals surface area contributed by atoms with Crippen molar-refractivity contribution >= 4 is 0 Å². The van der Waals surface area contributed by atoms with Crippen molar-refractivity contribution in [1.29, 1.82) is 0 Å². The molecule has 100 valence electrons. The topological polar surface area (TPSA) is 42.7 Å². The highest BCUT2D eigenvalue weighted by atomic mass is 15.3. The van der Waals surface area contributed by atoms with Gasteiger partial charge in [-0.2, -0.15) is 0 Å². The third-order valence-corrected chi connectivity index (χ3v) is 3.80. The molecular weight excluding hydrogens is 236 g/mol. The SMILES string of the molecule is CCCn1c(C)nnc1C1Cc2ccccc2CN1. The van der Waals surface area contributed by atoms with Crippen molar-refractivity contribution in [2.75, 3.05) is 0 Å². The van der Waals surface area contributed by atoms with Crippen LogP contribution in [0.5, 0.6) is 0 Å². The fraction of sp³-hybridized carbons (Fsp3) is 0.467. The van der Waals surface area contributed by atoms with Gasteiger partial charge in [-0.25, -0.2) is 0 Å². The van der Waals surface area contributed by atoms with E-state index < -0.39 is 0 Å². The number of fused-ring (bicyclic) bond motifs is 1. The van der Waals surface area contributed by atoms with Gasteiger partial charge in [0.25, 0.3) is 0 Å². The average molecular weight is 256 g/mol. The molecule has 1 atom stereocenters. The highest BCUT2D eigenvalue weighted by Gasteiger charge is 2.24. The number of aromatic nitrogens is 3. The highest BCUT2D eigenvalue weighted by Crippen LogP contribution is 2.25. The average Bonchev–Trinajstić information content (AvgIpc) is 2.80. The Kier molecular flexibility index (Phi) is 3.34. The predicted molar refractivity (Wildman–Crippen MR) is 74.8 cm³/mol. The van der Waals surface area contributed by atoms with Gasteiger partial charge in [0.05, 0.1) is 6.04 Å². The number of nitrogens with one attached hydrogen (secondary N) is 1. The molecule has 3 rings (SSSR count). The summed E-state index contributed by atoms with van der Waals surface area (Å²) < 4.78 is 2.24. The lowest BCUT2D eigenvalue weighted by atomic mass is 9.95. The first-order valence-electron chi connectivity index (χ1n) is 6.99. The first-order valence-corrected chi connectivity index (χ1v) is 6.99. The first-order chi connectivity index (χ1) is 9.29. The van der Waals surface area contributed by atoms with E-state index in [1.54, 1.807) is 0 Å². The molecule has 0 aliphatic carbocycles. The molecule has 1 aromatic carbocycles. The van der Waals surface area contributed by atoms with Crippen LogP contribution in [0.2, 0.25) is 0 Å². The minimum absolute atomic E-state index is 0.280. The van der Waals surface area contributed by atoms with Crippen LogP contribution in [0.4, 0.5) is 0 Å². The number of hydrogen-bond donors (Lipinski definition) is 1. The van der Waals surface area contributed by atoms with E-state index in [0.29, 0.717) is 0 Å². The number of hydrogen-bond acceptors (Lipinski definition) is 3. The fourth-order valence-corrected chi connectivity index (χ4v) is 2.79. The summed E-state index contributed by atoms with van der Waals surface area (Å²) >= 11 is 0. The van der Waals surface area contributed by atoms with Crippen molar-refractivity contribution < 1.29 is 0 Å². The van der Waals surface area contributed by atoms with Crippen LogP contribution in [0.1, 0.15) is 42.2 Å². The molecule has 1 aromatic heterocycles. The summed E-state index contributed by atoms with van der Waals surface area (Å²) in [7, 11) is 0. The fourth-order valence-electron chi connectivity index (χ4n) is 2.79. The van der Waals surface area contributed by atoms with Gasteiger partial charge >= 0.3 is 0 Å². The lowest BCUT2D eigenvalue weighted by molar-refractivity contribution is 0.450. The van der Waals surface area contributed by atoms with Crippen molar-refractivity contribution in [3.8, 4) is 0 Å². The molecule has 2 aromatic rings. The summed E-state index contributed by atoms with van der Waals surface area (Å²) in [6.07, 6.45) is 2.10. The van der Waals surface area contributed by atoms with Crippen LogP contribution in [0.3, 0.4) is 0 Å². The van der Waals surface area contributed by atoms with Gasteiger partial charge in [-0.3, -0.25) is 0 Å². The second-order valence-electron chi connectivity index (χ2n) is 5.16. The molecule has 0 amide bonds. The van der Waals surface area contributed by atoms with Crippen LogP contribution >= 0.6 is 0 Å². The Morgan fingerprint density at radius 2 is 2.05 bits per heavy atom. The Labute approximate surface area is 113 Å². The zero-order valence-corrected chi connectivity index (χ0v) is 11.6. The molecule has 4 heteroatoms. The molecule has 1 aliphatic heterocycles. The van der Waals surface area contributed by atoms with Crippen LogP contribution in [0, 0.1) is 6.92 Å². The maximum Gasteiger partial charge on any atom is 0.150 e. The molecule has 1 N–H and O–H groups in total. The van der Waals surface area contributed by atoms with Gasteiger partial charge in [0.2, 0.25) is 0 Å². The molecule has 0 saturated heterocycles. The molecule has 19 heavy (non-hydrogen) atoms. The minimum atomic E-state index is 0.280. The summed E-state index contributed by atoms with van der Waals surface area (Å²) in [6, 6.07) is 8.91. The molecule has 0 bridgehead atoms. The van der Waals surface area contributed by atoms with E-state index in [9.17, 15) is 0 Å². The van der Waals surface area contributed by atoms with Crippen LogP contribution in [-0.4, -0.2) is 14.8 Å². The lowest BCUT2D eigenvalue weighted by Gasteiger charge is -2.26. The molecule has 0 fully saturated rings. The number of aryl methyl sites for hydroxylation is 1. The number of nitrogens with zero attached hydrogens (tertiary/aromatic N) is 3. The Morgan fingerprint density at radius 3 is 2.84 bits per heavy atom. The number of benzene rings is 1. The molecule has 1 unspecified atom stereocenters. The van der Waals surface area contributed by atoms with Crippen molar-refractivity contribution in [2.24, 2.45) is 0 Å². The second-order valence-corrected chi connectivity index (χ2v) is 5.16. The molecular formula is C15H20N4. The summed E-state index contributed by atoms with van der Waals surface area (Å²) in [5.41, 5.74) is 2.83. The largest absolute Gasteiger partial charge is 0.314 e. The maximum absolute atomic E-state index is 4.38. The predicted octanol–water partition coefficient (Wildman–Crippen LogP) is 2.38. The third-order valence-electron chi connectivity index (χ3n) is 3.80. The third kappa shape index (κ3) is 2.28. The Bertz CT molecular complexity index is 573. The van der Waals surface area contributed by atoms with Gasteiger partial charge in [-0.1, -0.05) is 31.2 Å². The molecule has 1 aliphatic rings. The van der Waals surface area contributed by atoms with Gasteiger partial charge in [0.15, 0.2) is 5.82 Å². The van der Waals surface area contributed by atoms with Gasteiger partial charge < -0.3 is 9.88 Å². The van der Waals surface area contributed by atoms with Gasteiger partial charge in [0.1, 0.15) is 5.82 Å². The van der Waals surface area contributed by atoms with Crippen LogP contribution in [0.25, 0.3) is 0 Å². The van der Waals surface area contributed by atoms with Crippen molar-refractivity contribution in [2.45, 2.75) is 45.8 Å². The van der Waals surface area contributed by atoms with E-state index in [1.165, 1.54) is 11.1 Å². The first kappa shape index (κ1) is 12.4. The number of rotatable bonds is 3. The van der Waals surface area contributed by atoms with E-state index in [-0.39, 0.29) is 6.04 Å². The Hall–Kier alpha value is -1.68. The Balaban J connectivity index is 1.89. The highest BCUT2D eigenvalue weighted by molar-refractivity contribution is 5.30. The van der Waals surface area contributed by atoms with Crippen LogP contribution in [0.15, 0.2) is 24.3 Å². The van der Waals surface area contributed by atoms with E-state index in [4.69, 9.17) is 0 Å². The van der Waals surface area contributed by atoms with E-state index in [1.807, 2.05) is 6.92 Å². The second kappa shape index (κ2) is 5.13. The van der Waals surface area contributed by atoms with Crippen molar-refractivity contribution in [3.05, 3.63) is 47.0 Å². The summed E-state index contributed by atoms with van der Waals surface area (Å²) in [5.74, 6) is 2.09. The van der Waals surface area contributed by atoms with E-state index in [0.717, 1.165) is 37.6 Å².